The predicted octanol–water partition coefficient (Wildman–Crippen LogP) is 3.94. The van der Waals surface area contributed by atoms with Crippen molar-refractivity contribution in [2.24, 2.45) is 17.6 Å². The van der Waals surface area contributed by atoms with Gasteiger partial charge in [-0.3, -0.25) is 0 Å². The number of rotatable bonds is 7. The van der Waals surface area contributed by atoms with Crippen molar-refractivity contribution in [3.8, 4) is 11.4 Å². The molecule has 4 rings (SSSR count). The standard InChI is InChI=1S/C24H29F3N6O/c1-15(2)14-34-20-9-8-19(33-23(24(25,26)27)30-31-32-33)13-18(20)12-17-10-11-29-22(21(17)28)16-6-4-3-5-7-16/h3-9,13,15,17,21-22,29H,10-12,14,28H2,1-2H3/t17?,21-,22-/m0/s1. The molecule has 3 aromatic rings. The molecule has 0 amide bonds. The maximum absolute atomic E-state index is 13.4. The van der Waals surface area contributed by atoms with Crippen LogP contribution in [0, 0.1) is 11.8 Å². The molecule has 1 aromatic heterocycles. The highest BCUT2D eigenvalue weighted by atomic mass is 19.4. The minimum absolute atomic E-state index is 0.000451. The van der Waals surface area contributed by atoms with E-state index >= 15 is 0 Å². The van der Waals surface area contributed by atoms with E-state index in [1.807, 2.05) is 44.2 Å². The fraction of sp³-hybridized carbons (Fsp3) is 0.458. The monoisotopic (exact) mass is 474 g/mol. The largest absolute Gasteiger partial charge is 0.493 e. The number of hydrogen-bond donors (Lipinski definition) is 2. The van der Waals surface area contributed by atoms with Crippen LogP contribution in [0.15, 0.2) is 48.5 Å². The van der Waals surface area contributed by atoms with Gasteiger partial charge in [-0.25, -0.2) is 0 Å². The second-order valence-electron chi connectivity index (χ2n) is 9.08. The number of piperidine rings is 1. The third-order valence-corrected chi connectivity index (χ3v) is 6.03. The van der Waals surface area contributed by atoms with Gasteiger partial charge in [0, 0.05) is 12.1 Å². The molecule has 1 unspecified atom stereocenters. The maximum atomic E-state index is 13.4. The van der Waals surface area contributed by atoms with E-state index in [9.17, 15) is 13.2 Å². The maximum Gasteiger partial charge on any atom is 0.453 e. The SMILES string of the molecule is CC(C)COc1ccc(-n2nnnc2C(F)(F)F)cc1CC1CCN[C@@H](c2ccccc2)[C@H]1N. The molecule has 3 atom stereocenters. The Morgan fingerprint density at radius 3 is 2.65 bits per heavy atom. The molecule has 1 saturated heterocycles. The number of nitrogens with one attached hydrogen (secondary N) is 1. The van der Waals surface area contributed by atoms with Crippen molar-refractivity contribution in [1.82, 2.24) is 25.5 Å². The van der Waals surface area contributed by atoms with Crippen molar-refractivity contribution in [3.63, 3.8) is 0 Å². The Morgan fingerprint density at radius 1 is 1.18 bits per heavy atom. The highest BCUT2D eigenvalue weighted by Crippen LogP contribution is 2.34. The number of halogens is 3. The summed E-state index contributed by atoms with van der Waals surface area (Å²) in [7, 11) is 0. The number of ether oxygens (including phenoxy) is 1. The smallest absolute Gasteiger partial charge is 0.453 e. The summed E-state index contributed by atoms with van der Waals surface area (Å²) in [5.41, 5.74) is 8.83. The normalized spacial score (nSPS) is 21.1. The van der Waals surface area contributed by atoms with Gasteiger partial charge in [0.2, 0.25) is 0 Å². The molecule has 10 heteroatoms. The van der Waals surface area contributed by atoms with Crippen molar-refractivity contribution < 1.29 is 17.9 Å². The summed E-state index contributed by atoms with van der Waals surface area (Å²) in [4.78, 5) is 0. The van der Waals surface area contributed by atoms with Crippen LogP contribution in [0.4, 0.5) is 13.2 Å². The van der Waals surface area contributed by atoms with Crippen molar-refractivity contribution in [2.45, 2.75) is 44.9 Å². The molecule has 0 saturated carbocycles. The molecule has 0 radical (unpaired) electrons. The third-order valence-electron chi connectivity index (χ3n) is 6.03. The second kappa shape index (κ2) is 10.1. The van der Waals surface area contributed by atoms with Crippen LogP contribution in [0.25, 0.3) is 5.69 Å². The number of tetrazole rings is 1. The van der Waals surface area contributed by atoms with E-state index in [0.717, 1.165) is 24.1 Å². The first-order valence-electron chi connectivity index (χ1n) is 11.4. The highest BCUT2D eigenvalue weighted by molar-refractivity contribution is 5.45. The lowest BCUT2D eigenvalue weighted by Crippen LogP contribution is -2.49. The summed E-state index contributed by atoms with van der Waals surface area (Å²) < 4.78 is 46.9. The van der Waals surface area contributed by atoms with Gasteiger partial charge in [-0.05, 0) is 71.0 Å². The Morgan fingerprint density at radius 2 is 1.94 bits per heavy atom. The predicted molar refractivity (Wildman–Crippen MR) is 121 cm³/mol. The van der Waals surface area contributed by atoms with Crippen LogP contribution in [0.3, 0.4) is 0 Å². The molecule has 2 aromatic carbocycles. The van der Waals surface area contributed by atoms with Gasteiger partial charge in [0.05, 0.1) is 12.3 Å². The Kier molecular flexibility index (Phi) is 7.18. The lowest BCUT2D eigenvalue weighted by molar-refractivity contribution is -0.146. The second-order valence-corrected chi connectivity index (χ2v) is 9.08. The van der Waals surface area contributed by atoms with Crippen LogP contribution < -0.4 is 15.8 Å². The van der Waals surface area contributed by atoms with E-state index in [-0.39, 0.29) is 23.7 Å². The van der Waals surface area contributed by atoms with E-state index in [1.165, 1.54) is 0 Å². The summed E-state index contributed by atoms with van der Waals surface area (Å²) in [5.74, 6) is -0.121. The number of alkyl halides is 3. The van der Waals surface area contributed by atoms with Gasteiger partial charge in [-0.15, -0.1) is 5.10 Å². The first-order valence-corrected chi connectivity index (χ1v) is 11.4. The van der Waals surface area contributed by atoms with Crippen LogP contribution in [-0.2, 0) is 12.6 Å². The van der Waals surface area contributed by atoms with Gasteiger partial charge in [-0.2, -0.15) is 17.9 Å². The number of hydrogen-bond acceptors (Lipinski definition) is 6. The van der Waals surface area contributed by atoms with E-state index in [2.05, 4.69) is 20.8 Å². The summed E-state index contributed by atoms with van der Waals surface area (Å²) >= 11 is 0. The van der Waals surface area contributed by atoms with Crippen LogP contribution >= 0.6 is 0 Å². The highest BCUT2D eigenvalue weighted by Gasteiger charge is 2.38. The van der Waals surface area contributed by atoms with Crippen LogP contribution in [-0.4, -0.2) is 39.4 Å². The van der Waals surface area contributed by atoms with E-state index in [4.69, 9.17) is 10.5 Å². The lowest BCUT2D eigenvalue weighted by Gasteiger charge is -2.37. The van der Waals surface area contributed by atoms with Gasteiger partial charge in [0.1, 0.15) is 5.75 Å². The number of nitrogens with zero attached hydrogens (tertiary/aromatic N) is 4. The van der Waals surface area contributed by atoms with Gasteiger partial charge in [0.25, 0.3) is 5.82 Å². The van der Waals surface area contributed by atoms with Crippen molar-refractivity contribution in [1.29, 1.82) is 0 Å². The van der Waals surface area contributed by atoms with E-state index in [0.29, 0.717) is 29.4 Å². The lowest BCUT2D eigenvalue weighted by atomic mass is 9.80. The molecule has 0 bridgehead atoms. The molecule has 7 nitrogen and oxygen atoms in total. The number of benzene rings is 2. The Balaban J connectivity index is 1.65. The fourth-order valence-corrected chi connectivity index (χ4v) is 4.34. The van der Waals surface area contributed by atoms with Crippen LogP contribution in [0.1, 0.15) is 43.3 Å². The molecule has 1 aliphatic heterocycles. The molecule has 2 heterocycles. The van der Waals surface area contributed by atoms with Crippen LogP contribution in [0.2, 0.25) is 0 Å². The summed E-state index contributed by atoms with van der Waals surface area (Å²) in [5, 5.41) is 13.5. The first-order chi connectivity index (χ1) is 16.2. The molecule has 0 spiro atoms. The molecular formula is C24H29F3N6O. The van der Waals surface area contributed by atoms with Crippen molar-refractivity contribution >= 4 is 0 Å². The molecule has 34 heavy (non-hydrogen) atoms. The van der Waals surface area contributed by atoms with Gasteiger partial charge >= 0.3 is 6.18 Å². The Hall–Kier alpha value is -2.98. The first kappa shape index (κ1) is 24.2. The Bertz CT molecular complexity index is 1090. The molecule has 3 N–H and O–H groups in total. The average Bonchev–Trinajstić information content (AvgIpc) is 3.31. The molecular weight excluding hydrogens is 445 g/mol. The molecule has 1 aliphatic rings. The fourth-order valence-electron chi connectivity index (χ4n) is 4.34. The summed E-state index contributed by atoms with van der Waals surface area (Å²) in [6.45, 7) is 5.37. The molecule has 182 valence electrons. The molecule has 0 aliphatic carbocycles. The average molecular weight is 475 g/mol. The van der Waals surface area contributed by atoms with Crippen LogP contribution in [0.5, 0.6) is 5.75 Å². The summed E-state index contributed by atoms with van der Waals surface area (Å²) in [6, 6.07) is 14.8. The van der Waals surface area contributed by atoms with E-state index in [1.54, 1.807) is 18.2 Å². The molecule has 1 fully saturated rings. The van der Waals surface area contributed by atoms with Gasteiger partial charge < -0.3 is 15.8 Å². The van der Waals surface area contributed by atoms with Gasteiger partial charge in [-0.1, -0.05) is 44.2 Å². The number of aromatic nitrogens is 4. The zero-order valence-electron chi connectivity index (χ0n) is 19.2. The van der Waals surface area contributed by atoms with Gasteiger partial charge in [0.15, 0.2) is 0 Å². The third kappa shape index (κ3) is 5.39. The Labute approximate surface area is 196 Å². The zero-order valence-corrected chi connectivity index (χ0v) is 19.2. The van der Waals surface area contributed by atoms with Crippen molar-refractivity contribution in [3.05, 3.63) is 65.5 Å². The minimum atomic E-state index is -4.67. The minimum Gasteiger partial charge on any atom is -0.493 e. The number of nitrogens with two attached hydrogens (primary N) is 1. The topological polar surface area (TPSA) is 90.9 Å². The summed E-state index contributed by atoms with van der Waals surface area (Å²) in [6.07, 6.45) is -3.26. The van der Waals surface area contributed by atoms with E-state index < -0.39 is 12.0 Å². The van der Waals surface area contributed by atoms with Crippen molar-refractivity contribution in [2.75, 3.05) is 13.2 Å². The quantitative estimate of drug-likeness (QED) is 0.539. The zero-order chi connectivity index (χ0) is 24.3.